The van der Waals surface area contributed by atoms with E-state index in [4.69, 9.17) is 9.47 Å². The Kier molecular flexibility index (Phi) is 11.5. The van der Waals surface area contributed by atoms with Gasteiger partial charge in [-0.2, -0.15) is 21.0 Å². The Hall–Kier alpha value is -6.94. The van der Waals surface area contributed by atoms with Crippen LogP contribution < -0.4 is 0 Å². The third-order valence-electron chi connectivity index (χ3n) is 8.82. The fourth-order valence-corrected chi connectivity index (χ4v) is 10.4. The first-order valence-electron chi connectivity index (χ1n) is 17.3. The molecule has 59 heavy (non-hydrogen) atoms. The molecule has 16 nitrogen and oxygen atoms in total. The van der Waals surface area contributed by atoms with E-state index in [2.05, 4.69) is 20.0 Å². The van der Waals surface area contributed by atoms with Crippen molar-refractivity contribution in [1.82, 2.24) is 19.8 Å². The van der Waals surface area contributed by atoms with Crippen molar-refractivity contribution in [2.45, 2.75) is 32.5 Å². The second-order valence-electron chi connectivity index (χ2n) is 12.2. The number of nitriles is 4. The Bertz CT molecular complexity index is 2530. The van der Waals surface area contributed by atoms with E-state index in [0.29, 0.717) is 11.1 Å². The number of esters is 2. The number of nitrogens with zero attached hydrogens (tertiary/aromatic N) is 10. The summed E-state index contributed by atoms with van der Waals surface area (Å²) < 4.78 is 11.7. The fraction of sp³-hybridized carbons (Fsp3) is 0.179. The van der Waals surface area contributed by atoms with Crippen LogP contribution in [0.4, 0.5) is 10.3 Å². The SMILES string of the molecule is CCN1C(=O)/C(=N/c2nc3c(s2)-c2sc(/N=C4\SC(=C(C#N)C#N)N(CC)C4=O)nc2C3(C(=O)OCc2ccccc2)C(=O)OCc2ccccc2)SC1=C(C#N)C#N. The van der Waals surface area contributed by atoms with E-state index in [1.54, 1.807) is 98.8 Å². The van der Waals surface area contributed by atoms with Gasteiger partial charge >= 0.3 is 11.9 Å². The van der Waals surface area contributed by atoms with Gasteiger partial charge in [0, 0.05) is 13.1 Å². The fourth-order valence-electron chi connectivity index (χ4n) is 6.07. The number of fused-ring (bicyclic) bond motifs is 3. The van der Waals surface area contributed by atoms with Crippen molar-refractivity contribution in [3.8, 4) is 34.0 Å². The maximum atomic E-state index is 14.7. The van der Waals surface area contributed by atoms with Crippen molar-refractivity contribution in [2.75, 3.05) is 13.1 Å². The topological polar surface area (TPSA) is 239 Å². The third-order valence-corrected chi connectivity index (χ3v) is 13.0. The molecule has 2 aliphatic heterocycles. The van der Waals surface area contributed by atoms with Gasteiger partial charge < -0.3 is 9.47 Å². The normalized spacial score (nSPS) is 16.3. The Labute approximate surface area is 352 Å². The molecular formula is C39H24N10O6S4. The van der Waals surface area contributed by atoms with Crippen LogP contribution in [0.25, 0.3) is 9.75 Å². The molecule has 20 heteroatoms. The number of rotatable bonds is 10. The van der Waals surface area contributed by atoms with E-state index in [0.717, 1.165) is 46.2 Å². The minimum Gasteiger partial charge on any atom is -0.459 e. The van der Waals surface area contributed by atoms with Gasteiger partial charge in [-0.25, -0.2) is 29.5 Å². The predicted molar refractivity (Wildman–Crippen MR) is 217 cm³/mol. The van der Waals surface area contributed by atoms with Gasteiger partial charge in [0.25, 0.3) is 17.2 Å². The molecule has 2 aromatic carbocycles. The van der Waals surface area contributed by atoms with Crippen LogP contribution in [-0.4, -0.2) is 66.7 Å². The van der Waals surface area contributed by atoms with E-state index in [9.17, 15) is 40.2 Å². The summed E-state index contributed by atoms with van der Waals surface area (Å²) in [6.07, 6.45) is 0. The monoisotopic (exact) mass is 856 g/mol. The van der Waals surface area contributed by atoms with Crippen LogP contribution in [0.5, 0.6) is 0 Å². The number of allylic oxidation sites excluding steroid dienone is 2. The van der Waals surface area contributed by atoms with Crippen LogP contribution in [0.1, 0.15) is 36.4 Å². The van der Waals surface area contributed by atoms with Crippen LogP contribution >= 0.6 is 46.2 Å². The third kappa shape index (κ3) is 7.15. The minimum atomic E-state index is -2.44. The van der Waals surface area contributed by atoms with E-state index in [1.165, 1.54) is 9.80 Å². The molecule has 0 N–H and O–H groups in total. The van der Waals surface area contributed by atoms with Gasteiger partial charge in [-0.1, -0.05) is 83.3 Å². The zero-order chi connectivity index (χ0) is 41.8. The molecule has 4 aromatic rings. The molecule has 0 saturated carbocycles. The van der Waals surface area contributed by atoms with Crippen molar-refractivity contribution in [3.63, 3.8) is 0 Å². The van der Waals surface area contributed by atoms with Crippen LogP contribution in [-0.2, 0) is 47.3 Å². The minimum absolute atomic E-state index is 0.0444. The average molecular weight is 857 g/mol. The zero-order valence-corrected chi connectivity index (χ0v) is 33.9. The summed E-state index contributed by atoms with van der Waals surface area (Å²) in [5.74, 6) is -3.31. The lowest BCUT2D eigenvalue weighted by Crippen LogP contribution is -2.46. The first kappa shape index (κ1) is 40.3. The van der Waals surface area contributed by atoms with Gasteiger partial charge in [0.1, 0.15) is 47.5 Å². The van der Waals surface area contributed by atoms with Gasteiger partial charge in [0.05, 0.1) is 21.1 Å². The van der Waals surface area contributed by atoms with E-state index in [-0.39, 0.29) is 89.0 Å². The Morgan fingerprint density at radius 2 is 1.03 bits per heavy atom. The smallest absolute Gasteiger partial charge is 0.336 e. The van der Waals surface area contributed by atoms with E-state index in [1.807, 2.05) is 0 Å². The summed E-state index contributed by atoms with van der Waals surface area (Å²) in [5, 5.41) is 38.1. The van der Waals surface area contributed by atoms with Crippen molar-refractivity contribution >= 4 is 90.3 Å². The Balaban J connectivity index is 1.39. The molecule has 1 aliphatic carbocycles. The molecule has 2 fully saturated rings. The van der Waals surface area contributed by atoms with Gasteiger partial charge in [-0.3, -0.25) is 19.4 Å². The Morgan fingerprint density at radius 1 is 0.661 bits per heavy atom. The second-order valence-corrected chi connectivity index (χ2v) is 16.1. The molecule has 2 amide bonds. The van der Waals surface area contributed by atoms with Gasteiger partial charge in [-0.05, 0) is 48.5 Å². The van der Waals surface area contributed by atoms with E-state index < -0.39 is 29.2 Å². The molecule has 4 heterocycles. The lowest BCUT2D eigenvalue weighted by atomic mass is 9.84. The first-order valence-corrected chi connectivity index (χ1v) is 20.6. The summed E-state index contributed by atoms with van der Waals surface area (Å²) in [5.41, 5.74) is -1.98. The largest absolute Gasteiger partial charge is 0.459 e. The maximum absolute atomic E-state index is 14.7. The highest BCUT2D eigenvalue weighted by Gasteiger charge is 2.63. The molecule has 0 spiro atoms. The van der Waals surface area contributed by atoms with Crippen molar-refractivity contribution in [2.24, 2.45) is 9.98 Å². The summed E-state index contributed by atoms with van der Waals surface area (Å²) in [6, 6.07) is 24.8. The number of hydrogen-bond acceptors (Lipinski definition) is 18. The molecule has 290 valence electrons. The summed E-state index contributed by atoms with van der Waals surface area (Å²) in [7, 11) is 0. The number of aromatic nitrogens is 2. The van der Waals surface area contributed by atoms with Crippen molar-refractivity contribution in [1.29, 1.82) is 21.0 Å². The lowest BCUT2D eigenvalue weighted by Gasteiger charge is -2.24. The molecule has 7 rings (SSSR count). The van der Waals surface area contributed by atoms with Crippen molar-refractivity contribution in [3.05, 3.63) is 104 Å². The number of carbonyl (C=O) groups excluding carboxylic acids is 4. The summed E-state index contributed by atoms with van der Waals surface area (Å²) >= 11 is 3.51. The molecule has 0 unspecified atom stereocenters. The molecule has 2 aromatic heterocycles. The van der Waals surface area contributed by atoms with E-state index >= 15 is 0 Å². The van der Waals surface area contributed by atoms with Gasteiger partial charge in [-0.15, -0.1) is 0 Å². The van der Waals surface area contributed by atoms with Crippen molar-refractivity contribution < 1.29 is 28.7 Å². The maximum Gasteiger partial charge on any atom is 0.336 e. The molecule has 0 radical (unpaired) electrons. The second kappa shape index (κ2) is 16.9. The number of carbonyl (C=O) groups is 4. The molecule has 0 bridgehead atoms. The molecular weight excluding hydrogens is 833 g/mol. The number of thiazole rings is 2. The number of hydrogen-bond donors (Lipinski definition) is 0. The predicted octanol–water partition coefficient (Wildman–Crippen LogP) is 6.12. The van der Waals surface area contributed by atoms with Crippen LogP contribution in [0, 0.1) is 45.3 Å². The van der Waals surface area contributed by atoms with Gasteiger partial charge in [0.2, 0.25) is 10.3 Å². The molecule has 0 atom stereocenters. The van der Waals surface area contributed by atoms with Crippen LogP contribution in [0.2, 0.25) is 0 Å². The number of benzene rings is 2. The van der Waals surface area contributed by atoms with Crippen LogP contribution in [0.3, 0.4) is 0 Å². The quantitative estimate of drug-likeness (QED) is 0.0992. The van der Waals surface area contributed by atoms with Gasteiger partial charge in [0.15, 0.2) is 21.2 Å². The highest BCUT2D eigenvalue weighted by atomic mass is 32.2. The number of ether oxygens (including phenoxy) is 2. The number of amides is 2. The molecule has 2 saturated heterocycles. The van der Waals surface area contributed by atoms with Crippen LogP contribution in [0.15, 0.2) is 91.9 Å². The number of aliphatic imine (C=N–C) groups is 2. The number of thioether (sulfide) groups is 2. The zero-order valence-electron chi connectivity index (χ0n) is 30.7. The lowest BCUT2D eigenvalue weighted by molar-refractivity contribution is -0.164. The highest BCUT2D eigenvalue weighted by Crippen LogP contribution is 2.57. The standard InChI is InChI=1S/C39H24N10O6S4/c1-3-48-31(50)29(58-33(48)23(15-40)16-41)46-37-44-27-25(56-37)26-28(45-38(57-26)47-30-32(51)49(4-2)34(59-30)24(17-42)18-43)39(27,35(52)54-19-21-11-7-5-8-12-21)36(53)55-20-22-13-9-6-10-14-22/h5-14H,3-4,19-20H2,1-2H3/b46-29-,47-30-. The average Bonchev–Trinajstić information content (AvgIpc) is 4.05. The summed E-state index contributed by atoms with van der Waals surface area (Å²) in [4.78, 5) is 77.7. The summed E-state index contributed by atoms with van der Waals surface area (Å²) in [6.45, 7) is 3.16. The highest BCUT2D eigenvalue weighted by molar-refractivity contribution is 8.20. The first-order chi connectivity index (χ1) is 28.6. The Morgan fingerprint density at radius 3 is 1.37 bits per heavy atom. The molecule has 3 aliphatic rings.